The van der Waals surface area contributed by atoms with E-state index in [0.29, 0.717) is 6.54 Å². The van der Waals surface area contributed by atoms with Gasteiger partial charge in [0.1, 0.15) is 0 Å². The van der Waals surface area contributed by atoms with Crippen molar-refractivity contribution in [1.29, 1.82) is 0 Å². The number of anilines is 1. The van der Waals surface area contributed by atoms with Crippen molar-refractivity contribution >= 4 is 11.6 Å². The fraction of sp³-hybridized carbons (Fsp3) is 0.789. The Morgan fingerprint density at radius 3 is 2.56 bits per heavy atom. The van der Waals surface area contributed by atoms with Gasteiger partial charge in [-0.05, 0) is 65.7 Å². The number of aromatic nitrogens is 2. The molecule has 25 heavy (non-hydrogen) atoms. The van der Waals surface area contributed by atoms with Gasteiger partial charge in [0.25, 0.3) is 0 Å². The second-order valence-electron chi connectivity index (χ2n) is 7.55. The fourth-order valence-corrected chi connectivity index (χ4v) is 3.62. The van der Waals surface area contributed by atoms with Gasteiger partial charge in [-0.2, -0.15) is 5.10 Å². The first-order valence-electron chi connectivity index (χ1n) is 9.61. The molecule has 1 aromatic rings. The summed E-state index contributed by atoms with van der Waals surface area (Å²) in [6.07, 6.45) is 4.92. The lowest BCUT2D eigenvalue weighted by atomic mass is 9.96. The van der Waals surface area contributed by atoms with Crippen molar-refractivity contribution in [1.82, 2.24) is 19.6 Å². The number of carbonyl (C=O) groups is 1. The molecule has 0 atom stereocenters. The highest BCUT2D eigenvalue weighted by Gasteiger charge is 2.22. The molecule has 0 unspecified atom stereocenters. The lowest BCUT2D eigenvalue weighted by Gasteiger charge is -2.33. The summed E-state index contributed by atoms with van der Waals surface area (Å²) in [7, 11) is 4.13. The number of piperidine rings is 1. The first-order chi connectivity index (χ1) is 11.9. The minimum Gasteiger partial charge on any atom is -0.322 e. The molecule has 1 fully saturated rings. The summed E-state index contributed by atoms with van der Waals surface area (Å²) in [6, 6.07) is 0. The average Bonchev–Trinajstić information content (AvgIpc) is 2.81. The highest BCUT2D eigenvalue weighted by atomic mass is 16.2. The molecule has 142 valence electrons. The number of nitrogens with one attached hydrogen (secondary N) is 1. The van der Waals surface area contributed by atoms with E-state index in [-0.39, 0.29) is 5.91 Å². The number of unbranched alkanes of at least 4 members (excludes halogenated alkanes) is 1. The van der Waals surface area contributed by atoms with E-state index in [0.717, 1.165) is 36.1 Å². The molecular formula is C19H35N5O. The molecule has 0 saturated carbocycles. The second kappa shape index (κ2) is 9.34. The van der Waals surface area contributed by atoms with E-state index in [1.807, 2.05) is 25.6 Å². The van der Waals surface area contributed by atoms with Crippen LogP contribution >= 0.6 is 0 Å². The summed E-state index contributed by atoms with van der Waals surface area (Å²) in [5.74, 6) is 0.835. The van der Waals surface area contributed by atoms with Crippen LogP contribution in [0.3, 0.4) is 0 Å². The molecule has 1 aromatic heterocycles. The Morgan fingerprint density at radius 1 is 1.32 bits per heavy atom. The van der Waals surface area contributed by atoms with Gasteiger partial charge in [0.15, 0.2) is 0 Å². The van der Waals surface area contributed by atoms with Crippen LogP contribution in [0, 0.1) is 19.8 Å². The van der Waals surface area contributed by atoms with Crippen LogP contribution in [0.2, 0.25) is 0 Å². The molecule has 0 bridgehead atoms. The molecule has 0 radical (unpaired) electrons. The van der Waals surface area contributed by atoms with Crippen molar-refractivity contribution in [3.05, 3.63) is 11.4 Å². The number of hydrogen-bond acceptors (Lipinski definition) is 4. The Labute approximate surface area is 152 Å². The zero-order valence-electron chi connectivity index (χ0n) is 16.6. The molecule has 1 N–H and O–H groups in total. The Bertz CT molecular complexity index is 560. The largest absolute Gasteiger partial charge is 0.322 e. The second-order valence-corrected chi connectivity index (χ2v) is 7.55. The van der Waals surface area contributed by atoms with Crippen LogP contribution in [-0.4, -0.2) is 65.3 Å². The molecule has 1 aliphatic heterocycles. The molecule has 1 amide bonds. The Hall–Kier alpha value is -1.40. The summed E-state index contributed by atoms with van der Waals surface area (Å²) in [5, 5.41) is 7.39. The van der Waals surface area contributed by atoms with Crippen LogP contribution in [0.5, 0.6) is 0 Å². The molecule has 0 aromatic carbocycles. The van der Waals surface area contributed by atoms with Gasteiger partial charge in [0.05, 0.1) is 23.6 Å². The minimum absolute atomic E-state index is 0.0673. The third kappa shape index (κ3) is 5.82. The van der Waals surface area contributed by atoms with Crippen molar-refractivity contribution in [3.63, 3.8) is 0 Å². The summed E-state index contributed by atoms with van der Waals surface area (Å²) >= 11 is 0. The SMILES string of the molecule is CCCCN(C)CC1CCN(CC(=O)Nc2c(C)nn(C)c2C)CC1. The van der Waals surface area contributed by atoms with Crippen molar-refractivity contribution in [2.24, 2.45) is 13.0 Å². The maximum Gasteiger partial charge on any atom is 0.238 e. The van der Waals surface area contributed by atoms with E-state index in [4.69, 9.17) is 0 Å². The Kier molecular flexibility index (Phi) is 7.44. The van der Waals surface area contributed by atoms with Gasteiger partial charge in [-0.15, -0.1) is 0 Å². The van der Waals surface area contributed by atoms with Crippen LogP contribution in [0.1, 0.15) is 44.0 Å². The summed E-state index contributed by atoms with van der Waals surface area (Å²) < 4.78 is 1.81. The van der Waals surface area contributed by atoms with Gasteiger partial charge >= 0.3 is 0 Å². The Morgan fingerprint density at radius 2 is 2.00 bits per heavy atom. The third-order valence-electron chi connectivity index (χ3n) is 5.31. The standard InChI is InChI=1S/C19H35N5O/c1-6-7-10-22(4)13-17-8-11-24(12-9-17)14-18(25)20-19-15(2)21-23(5)16(19)3/h17H,6-14H2,1-5H3,(H,20,25). The van der Waals surface area contributed by atoms with Crippen LogP contribution in [0.15, 0.2) is 0 Å². The molecule has 2 rings (SSSR count). The maximum atomic E-state index is 12.4. The number of aryl methyl sites for hydroxylation is 2. The molecular weight excluding hydrogens is 314 g/mol. The monoisotopic (exact) mass is 349 g/mol. The van der Waals surface area contributed by atoms with E-state index in [2.05, 4.69) is 34.2 Å². The third-order valence-corrected chi connectivity index (χ3v) is 5.31. The van der Waals surface area contributed by atoms with Crippen LogP contribution in [-0.2, 0) is 11.8 Å². The van der Waals surface area contributed by atoms with Crippen LogP contribution in [0.25, 0.3) is 0 Å². The van der Waals surface area contributed by atoms with E-state index >= 15 is 0 Å². The van der Waals surface area contributed by atoms with Crippen molar-refractivity contribution in [2.75, 3.05) is 45.1 Å². The summed E-state index contributed by atoms with van der Waals surface area (Å²) in [4.78, 5) is 17.1. The van der Waals surface area contributed by atoms with E-state index < -0.39 is 0 Å². The number of amides is 1. The summed E-state index contributed by atoms with van der Waals surface area (Å²) in [6.45, 7) is 11.1. The lowest BCUT2D eigenvalue weighted by Crippen LogP contribution is -2.41. The number of nitrogens with zero attached hydrogens (tertiary/aromatic N) is 4. The quantitative estimate of drug-likeness (QED) is 0.783. The summed E-state index contributed by atoms with van der Waals surface area (Å²) in [5.41, 5.74) is 2.74. The molecule has 1 aliphatic rings. The highest BCUT2D eigenvalue weighted by Crippen LogP contribution is 2.20. The molecule has 2 heterocycles. The molecule has 6 heteroatoms. The van der Waals surface area contributed by atoms with Crippen molar-refractivity contribution < 1.29 is 4.79 Å². The fourth-order valence-electron chi connectivity index (χ4n) is 3.62. The van der Waals surface area contributed by atoms with Gasteiger partial charge in [0.2, 0.25) is 5.91 Å². The van der Waals surface area contributed by atoms with E-state index in [1.165, 1.54) is 38.8 Å². The van der Waals surface area contributed by atoms with Gasteiger partial charge in [0, 0.05) is 13.6 Å². The van der Waals surface area contributed by atoms with Crippen molar-refractivity contribution in [3.8, 4) is 0 Å². The zero-order chi connectivity index (χ0) is 18.4. The highest BCUT2D eigenvalue weighted by molar-refractivity contribution is 5.93. The van der Waals surface area contributed by atoms with Gasteiger partial charge in [-0.25, -0.2) is 0 Å². The normalized spacial score (nSPS) is 16.6. The van der Waals surface area contributed by atoms with Crippen molar-refractivity contribution in [2.45, 2.75) is 46.5 Å². The minimum atomic E-state index is 0.0673. The molecule has 6 nitrogen and oxygen atoms in total. The first kappa shape index (κ1) is 19.9. The Balaban J connectivity index is 1.73. The lowest BCUT2D eigenvalue weighted by molar-refractivity contribution is -0.117. The topological polar surface area (TPSA) is 53.4 Å². The number of likely N-dealkylation sites (tertiary alicyclic amines) is 1. The van der Waals surface area contributed by atoms with E-state index in [9.17, 15) is 4.79 Å². The average molecular weight is 350 g/mol. The number of rotatable bonds is 8. The van der Waals surface area contributed by atoms with Gasteiger partial charge in [-0.1, -0.05) is 13.3 Å². The smallest absolute Gasteiger partial charge is 0.238 e. The zero-order valence-corrected chi connectivity index (χ0v) is 16.6. The first-order valence-corrected chi connectivity index (χ1v) is 9.61. The molecule has 0 spiro atoms. The van der Waals surface area contributed by atoms with Gasteiger partial charge in [-0.3, -0.25) is 14.4 Å². The maximum absolute atomic E-state index is 12.4. The predicted molar refractivity (Wildman–Crippen MR) is 103 cm³/mol. The predicted octanol–water partition coefficient (Wildman–Crippen LogP) is 2.42. The van der Waals surface area contributed by atoms with Crippen LogP contribution < -0.4 is 5.32 Å². The number of carbonyl (C=O) groups excluding carboxylic acids is 1. The van der Waals surface area contributed by atoms with Crippen LogP contribution in [0.4, 0.5) is 5.69 Å². The molecule has 1 saturated heterocycles. The van der Waals surface area contributed by atoms with E-state index in [1.54, 1.807) is 0 Å². The molecule has 0 aliphatic carbocycles. The number of hydrogen-bond donors (Lipinski definition) is 1. The van der Waals surface area contributed by atoms with Gasteiger partial charge < -0.3 is 10.2 Å².